The highest BCUT2D eigenvalue weighted by Crippen LogP contribution is 2.34. The molecule has 0 amide bonds. The van der Waals surface area contributed by atoms with Crippen LogP contribution >= 0.6 is 0 Å². The van der Waals surface area contributed by atoms with Crippen LogP contribution in [-0.2, 0) is 6.42 Å². The van der Waals surface area contributed by atoms with Gasteiger partial charge in [0, 0.05) is 31.7 Å². The van der Waals surface area contributed by atoms with Crippen LogP contribution in [0.15, 0.2) is 39.8 Å². The molecule has 28 heavy (non-hydrogen) atoms. The van der Waals surface area contributed by atoms with Crippen molar-refractivity contribution in [3.05, 3.63) is 52.9 Å². The van der Waals surface area contributed by atoms with E-state index in [-0.39, 0.29) is 0 Å². The number of hydrogen-bond donors (Lipinski definition) is 1. The fraction of sp³-hybridized carbons (Fsp3) is 0.565. The van der Waals surface area contributed by atoms with Gasteiger partial charge in [-0.2, -0.15) is 0 Å². The Hall–Kier alpha value is -2.30. The minimum Gasteiger partial charge on any atom is -0.361 e. The number of guanidine groups is 1. The van der Waals surface area contributed by atoms with Crippen LogP contribution in [0.2, 0.25) is 0 Å². The third-order valence-electron chi connectivity index (χ3n) is 5.93. The topological polar surface area (TPSA) is 53.7 Å². The fourth-order valence-electron chi connectivity index (χ4n) is 4.34. The molecule has 0 aliphatic carbocycles. The summed E-state index contributed by atoms with van der Waals surface area (Å²) in [5.74, 6) is 3.25. The summed E-state index contributed by atoms with van der Waals surface area (Å²) < 4.78 is 5.27. The zero-order chi connectivity index (χ0) is 19.9. The second-order valence-corrected chi connectivity index (χ2v) is 7.71. The number of hydrogen-bond acceptors (Lipinski definition) is 3. The molecule has 2 heterocycles. The van der Waals surface area contributed by atoms with Gasteiger partial charge in [0.1, 0.15) is 5.76 Å². The number of piperidine rings is 1. The van der Waals surface area contributed by atoms with Crippen LogP contribution in [0.1, 0.15) is 55.2 Å². The van der Waals surface area contributed by atoms with Crippen molar-refractivity contribution in [3.63, 3.8) is 0 Å². The van der Waals surface area contributed by atoms with Gasteiger partial charge >= 0.3 is 0 Å². The molecule has 5 heteroatoms. The molecule has 1 aromatic heterocycles. The summed E-state index contributed by atoms with van der Waals surface area (Å²) >= 11 is 0. The van der Waals surface area contributed by atoms with Crippen molar-refractivity contribution in [1.82, 2.24) is 15.4 Å². The Morgan fingerprint density at radius 2 is 2.04 bits per heavy atom. The van der Waals surface area contributed by atoms with Gasteiger partial charge in [-0.15, -0.1) is 0 Å². The monoisotopic (exact) mass is 382 g/mol. The van der Waals surface area contributed by atoms with E-state index in [1.165, 1.54) is 24.0 Å². The fourth-order valence-corrected chi connectivity index (χ4v) is 4.34. The minimum absolute atomic E-state index is 0.646. The average Bonchev–Trinajstić information content (AvgIpc) is 3.05. The Bertz CT molecular complexity index is 749. The SMILES string of the molecule is CCNC(=NCCc1c(C)noc1C)N1CCC(c2ccccc2)C(CC)C1. The molecule has 1 fully saturated rings. The molecular formula is C23H34N4O. The summed E-state index contributed by atoms with van der Waals surface area (Å²) in [6.45, 7) is 12.2. The lowest BCUT2D eigenvalue weighted by Crippen LogP contribution is -2.48. The number of aliphatic imine (C=N–C) groups is 1. The number of benzene rings is 1. The van der Waals surface area contributed by atoms with Crippen molar-refractivity contribution < 1.29 is 4.52 Å². The first kappa shape index (κ1) is 20.4. The zero-order valence-electron chi connectivity index (χ0n) is 17.7. The zero-order valence-corrected chi connectivity index (χ0v) is 17.7. The van der Waals surface area contributed by atoms with Crippen LogP contribution in [-0.4, -0.2) is 42.2 Å². The molecule has 0 saturated carbocycles. The molecule has 0 radical (unpaired) electrons. The smallest absolute Gasteiger partial charge is 0.193 e. The first-order valence-electron chi connectivity index (χ1n) is 10.6. The van der Waals surface area contributed by atoms with Gasteiger partial charge in [-0.3, -0.25) is 4.99 Å². The van der Waals surface area contributed by atoms with Crippen molar-refractivity contribution in [2.24, 2.45) is 10.9 Å². The molecule has 5 nitrogen and oxygen atoms in total. The van der Waals surface area contributed by atoms with Crippen molar-refractivity contribution in [2.45, 2.75) is 52.9 Å². The van der Waals surface area contributed by atoms with E-state index in [2.05, 4.69) is 59.6 Å². The maximum absolute atomic E-state index is 5.27. The molecule has 1 saturated heterocycles. The number of nitrogens with zero attached hydrogens (tertiary/aromatic N) is 3. The largest absolute Gasteiger partial charge is 0.361 e. The van der Waals surface area contributed by atoms with Gasteiger partial charge in [0.25, 0.3) is 0 Å². The van der Waals surface area contributed by atoms with Gasteiger partial charge in [-0.25, -0.2) is 0 Å². The van der Waals surface area contributed by atoms with Crippen molar-refractivity contribution in [2.75, 3.05) is 26.2 Å². The quantitative estimate of drug-likeness (QED) is 0.597. The maximum Gasteiger partial charge on any atom is 0.193 e. The molecule has 2 unspecified atom stereocenters. The van der Waals surface area contributed by atoms with Gasteiger partial charge < -0.3 is 14.7 Å². The van der Waals surface area contributed by atoms with Crippen molar-refractivity contribution >= 4 is 5.96 Å². The number of aryl methyl sites for hydroxylation is 2. The highest BCUT2D eigenvalue weighted by Gasteiger charge is 2.30. The summed E-state index contributed by atoms with van der Waals surface area (Å²) in [5, 5.41) is 7.55. The van der Waals surface area contributed by atoms with E-state index >= 15 is 0 Å². The lowest BCUT2D eigenvalue weighted by atomic mass is 9.79. The number of rotatable bonds is 6. The molecule has 2 aromatic rings. The van der Waals surface area contributed by atoms with Gasteiger partial charge in [0.15, 0.2) is 5.96 Å². The minimum atomic E-state index is 0.646. The normalized spacial score (nSPS) is 20.4. The van der Waals surface area contributed by atoms with Crippen LogP contribution in [0.25, 0.3) is 0 Å². The van der Waals surface area contributed by atoms with Crippen molar-refractivity contribution in [1.29, 1.82) is 0 Å². The molecule has 1 aliphatic rings. The lowest BCUT2D eigenvalue weighted by molar-refractivity contribution is 0.215. The van der Waals surface area contributed by atoms with Gasteiger partial charge in [0.2, 0.25) is 0 Å². The summed E-state index contributed by atoms with van der Waals surface area (Å²) in [7, 11) is 0. The number of nitrogens with one attached hydrogen (secondary N) is 1. The molecule has 1 aromatic carbocycles. The van der Waals surface area contributed by atoms with Crippen LogP contribution in [0.5, 0.6) is 0 Å². The average molecular weight is 383 g/mol. The van der Waals surface area contributed by atoms with E-state index in [1.54, 1.807) is 0 Å². The van der Waals surface area contributed by atoms with E-state index in [1.807, 2.05) is 13.8 Å². The molecule has 3 rings (SSSR count). The molecule has 2 atom stereocenters. The van der Waals surface area contributed by atoms with Gasteiger partial charge in [-0.1, -0.05) is 48.8 Å². The van der Waals surface area contributed by atoms with Crippen LogP contribution in [0.4, 0.5) is 0 Å². The number of aromatic nitrogens is 1. The standard InChI is InChI=1S/C23H34N4O/c1-5-19-16-27(15-13-22(19)20-10-8-7-9-11-20)23(24-6-2)25-14-12-21-17(3)26-28-18(21)4/h7-11,19,22H,5-6,12-16H2,1-4H3,(H,24,25). The Labute approximate surface area is 169 Å². The summed E-state index contributed by atoms with van der Waals surface area (Å²) in [4.78, 5) is 7.37. The Kier molecular flexibility index (Phi) is 7.12. The van der Waals surface area contributed by atoms with E-state index in [4.69, 9.17) is 9.52 Å². The lowest BCUT2D eigenvalue weighted by Gasteiger charge is -2.40. The highest BCUT2D eigenvalue weighted by atomic mass is 16.5. The molecule has 0 bridgehead atoms. The first-order chi connectivity index (χ1) is 13.6. The Morgan fingerprint density at radius 1 is 1.25 bits per heavy atom. The van der Waals surface area contributed by atoms with Gasteiger partial charge in [-0.05, 0) is 51.0 Å². The molecule has 1 aliphatic heterocycles. The summed E-state index contributed by atoms with van der Waals surface area (Å²) in [6, 6.07) is 11.0. The summed E-state index contributed by atoms with van der Waals surface area (Å²) in [5.41, 5.74) is 3.65. The molecule has 1 N–H and O–H groups in total. The number of likely N-dealkylation sites (tertiary alicyclic amines) is 1. The first-order valence-corrected chi connectivity index (χ1v) is 10.6. The van der Waals surface area contributed by atoms with Crippen LogP contribution < -0.4 is 5.32 Å². The van der Waals surface area contributed by atoms with E-state index in [0.29, 0.717) is 11.8 Å². The summed E-state index contributed by atoms with van der Waals surface area (Å²) in [6.07, 6.45) is 3.24. The van der Waals surface area contributed by atoms with E-state index in [9.17, 15) is 0 Å². The maximum atomic E-state index is 5.27. The Balaban J connectivity index is 1.67. The second-order valence-electron chi connectivity index (χ2n) is 7.71. The second kappa shape index (κ2) is 9.76. The third kappa shape index (κ3) is 4.75. The predicted molar refractivity (Wildman–Crippen MR) is 115 cm³/mol. The van der Waals surface area contributed by atoms with Crippen LogP contribution in [0.3, 0.4) is 0 Å². The van der Waals surface area contributed by atoms with E-state index in [0.717, 1.165) is 50.0 Å². The molecule has 152 valence electrons. The van der Waals surface area contributed by atoms with Crippen molar-refractivity contribution in [3.8, 4) is 0 Å². The third-order valence-corrected chi connectivity index (χ3v) is 5.93. The van der Waals surface area contributed by atoms with E-state index < -0.39 is 0 Å². The highest BCUT2D eigenvalue weighted by molar-refractivity contribution is 5.80. The van der Waals surface area contributed by atoms with Gasteiger partial charge in [0.05, 0.1) is 5.69 Å². The molecule has 0 spiro atoms. The van der Waals surface area contributed by atoms with Crippen LogP contribution in [0, 0.1) is 19.8 Å². The predicted octanol–water partition coefficient (Wildman–Crippen LogP) is 4.32. The Morgan fingerprint density at radius 3 is 2.68 bits per heavy atom. The molecular weight excluding hydrogens is 348 g/mol.